The molecule has 0 aromatic heterocycles. The van der Waals surface area contributed by atoms with Gasteiger partial charge in [-0.1, -0.05) is 0 Å². The van der Waals surface area contributed by atoms with Crippen LogP contribution < -0.4 is 11.1 Å². The van der Waals surface area contributed by atoms with Gasteiger partial charge in [0.2, 0.25) is 5.91 Å². The van der Waals surface area contributed by atoms with Crippen LogP contribution in [0.2, 0.25) is 0 Å². The lowest BCUT2D eigenvalue weighted by Gasteiger charge is -2.34. The lowest BCUT2D eigenvalue weighted by atomic mass is 9.72. The van der Waals surface area contributed by atoms with E-state index in [-0.39, 0.29) is 36.1 Å². The molecule has 0 aromatic carbocycles. The number of amides is 1. The predicted octanol–water partition coefficient (Wildman–Crippen LogP) is 1.24. The van der Waals surface area contributed by atoms with Crippen LogP contribution in [0.4, 0.5) is 0 Å². The van der Waals surface area contributed by atoms with Crippen LogP contribution in [0.25, 0.3) is 0 Å². The van der Waals surface area contributed by atoms with Crippen molar-refractivity contribution in [2.24, 2.45) is 11.1 Å². The minimum absolute atomic E-state index is 0. The number of carbonyl (C=O) groups is 1. The maximum atomic E-state index is 11.1. The average Bonchev–Trinajstić information content (AvgIpc) is 2.40. The molecule has 2 fully saturated rings. The first-order chi connectivity index (χ1) is 5.70. The third-order valence-electron chi connectivity index (χ3n) is 3.29. The molecular formula is C9H18Cl2N2O. The highest BCUT2D eigenvalue weighted by molar-refractivity contribution is 5.85. The molecule has 1 saturated carbocycles. The molecular weight excluding hydrogens is 223 g/mol. The second kappa shape index (κ2) is 5.19. The van der Waals surface area contributed by atoms with Gasteiger partial charge < -0.3 is 11.1 Å². The summed E-state index contributed by atoms with van der Waals surface area (Å²) in [6.45, 7) is 0.887. The molecule has 1 spiro atoms. The number of carbonyl (C=O) groups excluding carboxylic acids is 1. The van der Waals surface area contributed by atoms with Crippen molar-refractivity contribution >= 4 is 30.7 Å². The molecule has 2 rings (SSSR count). The fourth-order valence-corrected chi connectivity index (χ4v) is 2.36. The van der Waals surface area contributed by atoms with Crippen molar-refractivity contribution in [3.8, 4) is 0 Å². The highest BCUT2D eigenvalue weighted by atomic mass is 35.5. The minimum Gasteiger partial charge on any atom is -0.356 e. The Morgan fingerprint density at radius 1 is 1.29 bits per heavy atom. The number of hydrogen-bond acceptors (Lipinski definition) is 2. The Kier molecular flexibility index (Phi) is 5.20. The monoisotopic (exact) mass is 240 g/mol. The molecule has 2 aliphatic rings. The van der Waals surface area contributed by atoms with E-state index in [0.29, 0.717) is 6.04 Å². The van der Waals surface area contributed by atoms with Crippen molar-refractivity contribution in [3.63, 3.8) is 0 Å². The smallest absolute Gasteiger partial charge is 0.220 e. The van der Waals surface area contributed by atoms with Crippen LogP contribution in [-0.2, 0) is 4.79 Å². The topological polar surface area (TPSA) is 55.1 Å². The van der Waals surface area contributed by atoms with Gasteiger partial charge in [0.05, 0.1) is 0 Å². The van der Waals surface area contributed by atoms with Gasteiger partial charge in [-0.3, -0.25) is 4.79 Å². The van der Waals surface area contributed by atoms with E-state index >= 15 is 0 Å². The second-order valence-electron chi connectivity index (χ2n) is 4.29. The zero-order valence-corrected chi connectivity index (χ0v) is 9.76. The molecule has 14 heavy (non-hydrogen) atoms. The summed E-state index contributed by atoms with van der Waals surface area (Å²) in [5.41, 5.74) is 6.10. The molecule has 0 bridgehead atoms. The quantitative estimate of drug-likeness (QED) is 0.670. The Hall–Kier alpha value is 0.01000. The van der Waals surface area contributed by atoms with Crippen LogP contribution in [0.15, 0.2) is 0 Å². The van der Waals surface area contributed by atoms with Crippen molar-refractivity contribution in [3.05, 3.63) is 0 Å². The maximum absolute atomic E-state index is 11.1. The molecule has 0 aromatic rings. The fourth-order valence-electron chi connectivity index (χ4n) is 2.36. The van der Waals surface area contributed by atoms with E-state index in [1.165, 1.54) is 0 Å². The fraction of sp³-hybridized carbons (Fsp3) is 0.889. The van der Waals surface area contributed by atoms with Crippen molar-refractivity contribution in [1.29, 1.82) is 0 Å². The minimum atomic E-state index is 0. The van der Waals surface area contributed by atoms with Crippen LogP contribution in [0, 0.1) is 5.41 Å². The molecule has 0 radical (unpaired) electrons. The highest BCUT2D eigenvalue weighted by Gasteiger charge is 2.40. The van der Waals surface area contributed by atoms with Gasteiger partial charge in [0.1, 0.15) is 0 Å². The van der Waals surface area contributed by atoms with Crippen LogP contribution >= 0.6 is 24.8 Å². The number of rotatable bonds is 0. The SMILES string of the molecule is Cl.Cl.NC1CCC2(CC1)CNC(=O)C2. The molecule has 3 nitrogen and oxygen atoms in total. The molecule has 1 aliphatic heterocycles. The normalized spacial score (nSPS) is 35.8. The number of nitrogens with one attached hydrogen (secondary N) is 1. The van der Waals surface area contributed by atoms with Crippen molar-refractivity contribution in [1.82, 2.24) is 5.32 Å². The lowest BCUT2D eigenvalue weighted by Crippen LogP contribution is -2.35. The lowest BCUT2D eigenvalue weighted by molar-refractivity contribution is -0.119. The Morgan fingerprint density at radius 3 is 2.29 bits per heavy atom. The van der Waals surface area contributed by atoms with Gasteiger partial charge in [-0.2, -0.15) is 0 Å². The van der Waals surface area contributed by atoms with Crippen LogP contribution in [0.1, 0.15) is 32.1 Å². The first-order valence-electron chi connectivity index (χ1n) is 4.73. The van der Waals surface area contributed by atoms with Crippen molar-refractivity contribution < 1.29 is 4.79 Å². The summed E-state index contributed by atoms with van der Waals surface area (Å²) in [6.07, 6.45) is 5.18. The summed E-state index contributed by atoms with van der Waals surface area (Å²) in [4.78, 5) is 11.1. The third kappa shape index (κ3) is 2.75. The maximum Gasteiger partial charge on any atom is 0.220 e. The van der Waals surface area contributed by atoms with Gasteiger partial charge in [-0.25, -0.2) is 0 Å². The predicted molar refractivity (Wildman–Crippen MR) is 61.0 cm³/mol. The molecule has 5 heteroatoms. The third-order valence-corrected chi connectivity index (χ3v) is 3.29. The molecule has 3 N–H and O–H groups in total. The molecule has 1 saturated heterocycles. The van der Waals surface area contributed by atoms with Crippen LogP contribution in [-0.4, -0.2) is 18.5 Å². The zero-order chi connectivity index (χ0) is 8.60. The first kappa shape index (κ1) is 14.0. The van der Waals surface area contributed by atoms with Crippen LogP contribution in [0.3, 0.4) is 0 Å². The highest BCUT2D eigenvalue weighted by Crippen LogP contribution is 2.40. The summed E-state index contributed by atoms with van der Waals surface area (Å²) in [5.74, 6) is 0.227. The molecule has 1 amide bonds. The molecule has 1 heterocycles. The van der Waals surface area contributed by atoms with Gasteiger partial charge in [-0.15, -0.1) is 24.8 Å². The van der Waals surface area contributed by atoms with Gasteiger partial charge in [0.25, 0.3) is 0 Å². The molecule has 1 aliphatic carbocycles. The van der Waals surface area contributed by atoms with Crippen molar-refractivity contribution in [2.45, 2.75) is 38.1 Å². The number of nitrogens with two attached hydrogens (primary N) is 1. The Morgan fingerprint density at radius 2 is 1.86 bits per heavy atom. The summed E-state index contributed by atoms with van der Waals surface area (Å²) in [6, 6.07) is 0.381. The first-order valence-corrected chi connectivity index (χ1v) is 4.73. The van der Waals surface area contributed by atoms with Gasteiger partial charge in [0.15, 0.2) is 0 Å². The standard InChI is InChI=1S/C9H16N2O.2ClH/c10-7-1-3-9(4-2-7)5-8(12)11-6-9;;/h7H,1-6,10H2,(H,11,12);2*1H. The van der Waals surface area contributed by atoms with E-state index in [1.54, 1.807) is 0 Å². The second-order valence-corrected chi connectivity index (χ2v) is 4.29. The average molecular weight is 241 g/mol. The van der Waals surface area contributed by atoms with Crippen molar-refractivity contribution in [2.75, 3.05) is 6.54 Å². The summed E-state index contributed by atoms with van der Waals surface area (Å²) >= 11 is 0. The molecule has 0 unspecified atom stereocenters. The number of halogens is 2. The number of hydrogen-bond donors (Lipinski definition) is 2. The van der Waals surface area contributed by atoms with E-state index in [0.717, 1.165) is 38.6 Å². The summed E-state index contributed by atoms with van der Waals surface area (Å²) < 4.78 is 0. The largest absolute Gasteiger partial charge is 0.356 e. The molecule has 84 valence electrons. The van der Waals surface area contributed by atoms with Crippen LogP contribution in [0.5, 0.6) is 0 Å². The Labute approximate surface area is 97.0 Å². The summed E-state index contributed by atoms with van der Waals surface area (Å²) in [7, 11) is 0. The van der Waals surface area contributed by atoms with Gasteiger partial charge >= 0.3 is 0 Å². The van der Waals surface area contributed by atoms with Gasteiger partial charge in [-0.05, 0) is 31.1 Å². The van der Waals surface area contributed by atoms with E-state index in [9.17, 15) is 4.79 Å². The summed E-state index contributed by atoms with van der Waals surface area (Å²) in [5, 5.41) is 2.92. The van der Waals surface area contributed by atoms with E-state index in [2.05, 4.69) is 5.32 Å². The van der Waals surface area contributed by atoms with E-state index < -0.39 is 0 Å². The van der Waals surface area contributed by atoms with E-state index in [1.807, 2.05) is 0 Å². The molecule has 0 atom stereocenters. The van der Waals surface area contributed by atoms with E-state index in [4.69, 9.17) is 5.73 Å². The Balaban J connectivity index is 0.000000845. The zero-order valence-electron chi connectivity index (χ0n) is 8.12. The Bertz CT molecular complexity index is 203. The van der Waals surface area contributed by atoms with Gasteiger partial charge in [0, 0.05) is 19.0 Å².